The molecule has 6 nitrogen and oxygen atoms in total. The Kier molecular flexibility index (Phi) is 8.40. The molecule has 1 aliphatic rings. The van der Waals surface area contributed by atoms with Gasteiger partial charge < -0.3 is 20.1 Å². The number of amides is 2. The van der Waals surface area contributed by atoms with E-state index in [0.29, 0.717) is 35.7 Å². The lowest BCUT2D eigenvalue weighted by molar-refractivity contribution is 0.0595. The number of nitrogens with zero attached hydrogens (tertiary/aromatic N) is 1. The third kappa shape index (κ3) is 6.84. The molecule has 1 saturated heterocycles. The van der Waals surface area contributed by atoms with Crippen LogP contribution in [-0.4, -0.2) is 53.7 Å². The molecule has 1 unspecified atom stereocenters. The fourth-order valence-electron chi connectivity index (χ4n) is 4.19. The van der Waals surface area contributed by atoms with Crippen molar-refractivity contribution in [3.63, 3.8) is 0 Å². The molecule has 3 aromatic carbocycles. The van der Waals surface area contributed by atoms with E-state index < -0.39 is 6.04 Å². The average Bonchev–Trinajstić information content (AvgIpc) is 2.90. The maximum Gasteiger partial charge on any atom is 0.253 e. The Labute approximate surface area is 210 Å². The van der Waals surface area contributed by atoms with Crippen molar-refractivity contribution in [2.24, 2.45) is 0 Å². The van der Waals surface area contributed by atoms with Crippen molar-refractivity contribution in [1.82, 2.24) is 10.2 Å². The fraction of sp³-hybridized carbons (Fsp3) is 0.286. The molecule has 4 rings (SSSR count). The predicted octanol–water partition coefficient (Wildman–Crippen LogP) is 4.36. The van der Waals surface area contributed by atoms with E-state index in [0.717, 1.165) is 24.2 Å². The number of ether oxygens (including phenoxy) is 1. The van der Waals surface area contributed by atoms with Gasteiger partial charge in [0, 0.05) is 42.1 Å². The van der Waals surface area contributed by atoms with Crippen molar-refractivity contribution in [3.05, 3.63) is 101 Å². The van der Waals surface area contributed by atoms with Crippen LogP contribution in [0.3, 0.4) is 0 Å². The van der Waals surface area contributed by atoms with Crippen molar-refractivity contribution in [2.45, 2.75) is 31.4 Å². The Morgan fingerprint density at radius 3 is 2.34 bits per heavy atom. The molecule has 3 aromatic rings. The van der Waals surface area contributed by atoms with Gasteiger partial charge in [-0.3, -0.25) is 9.59 Å². The number of hydrogen-bond donors (Lipinski definition) is 2. The van der Waals surface area contributed by atoms with Crippen molar-refractivity contribution in [2.75, 3.05) is 19.7 Å². The summed E-state index contributed by atoms with van der Waals surface area (Å²) in [7, 11) is 0. The first-order valence-corrected chi connectivity index (χ1v) is 12.2. The quantitative estimate of drug-likeness (QED) is 0.490. The summed E-state index contributed by atoms with van der Waals surface area (Å²) in [5.41, 5.74) is 1.89. The zero-order valence-corrected chi connectivity index (χ0v) is 20.2. The second-order valence-electron chi connectivity index (χ2n) is 8.69. The van der Waals surface area contributed by atoms with Crippen LogP contribution in [0.4, 0.5) is 0 Å². The van der Waals surface area contributed by atoms with E-state index in [9.17, 15) is 14.7 Å². The number of carbonyl (C=O) groups is 2. The van der Waals surface area contributed by atoms with Gasteiger partial charge in [0.15, 0.2) is 0 Å². The lowest BCUT2D eigenvalue weighted by Gasteiger charge is -2.32. The van der Waals surface area contributed by atoms with Crippen LogP contribution >= 0.6 is 11.6 Å². The van der Waals surface area contributed by atoms with E-state index in [1.165, 1.54) is 0 Å². The molecule has 182 valence electrons. The van der Waals surface area contributed by atoms with Crippen molar-refractivity contribution < 1.29 is 19.4 Å². The minimum Gasteiger partial charge on any atom is -0.490 e. The van der Waals surface area contributed by atoms with Gasteiger partial charge in [-0.25, -0.2) is 0 Å². The highest BCUT2D eigenvalue weighted by atomic mass is 35.5. The van der Waals surface area contributed by atoms with Crippen LogP contribution in [-0.2, 0) is 6.42 Å². The molecule has 1 fully saturated rings. The summed E-state index contributed by atoms with van der Waals surface area (Å²) in [5, 5.41) is 13.3. The summed E-state index contributed by atoms with van der Waals surface area (Å²) in [6, 6.07) is 23.3. The Hall–Kier alpha value is -3.35. The summed E-state index contributed by atoms with van der Waals surface area (Å²) < 4.78 is 6.01. The number of rotatable bonds is 8. The zero-order chi connectivity index (χ0) is 24.6. The Morgan fingerprint density at radius 1 is 0.971 bits per heavy atom. The van der Waals surface area contributed by atoms with Crippen molar-refractivity contribution >= 4 is 23.4 Å². The maximum atomic E-state index is 13.1. The zero-order valence-electron chi connectivity index (χ0n) is 19.4. The number of carbonyl (C=O) groups excluding carboxylic acids is 2. The lowest BCUT2D eigenvalue weighted by atomic mass is 10.0. The molecule has 2 amide bonds. The topological polar surface area (TPSA) is 78.9 Å². The standard InChI is InChI=1S/C28H29ClN2O4/c29-23-9-11-25(12-10-23)35-26-13-15-31(16-14-26)28(34)22-8-4-7-21(18-22)27(33)30-24(19-32)17-20-5-2-1-3-6-20/h1-12,18,24,26,32H,13-17,19H2,(H,30,33). The third-order valence-electron chi connectivity index (χ3n) is 6.10. The molecule has 7 heteroatoms. The minimum absolute atomic E-state index is 0.0392. The van der Waals surface area contributed by atoms with E-state index in [4.69, 9.17) is 16.3 Å². The van der Waals surface area contributed by atoms with Crippen LogP contribution in [0.2, 0.25) is 5.02 Å². The number of piperidine rings is 1. The number of benzene rings is 3. The molecule has 1 aliphatic heterocycles. The van der Waals surface area contributed by atoms with E-state index in [-0.39, 0.29) is 24.5 Å². The van der Waals surface area contributed by atoms with Crippen LogP contribution in [0.25, 0.3) is 0 Å². The van der Waals surface area contributed by atoms with E-state index in [1.54, 1.807) is 41.3 Å². The highest BCUT2D eigenvalue weighted by Gasteiger charge is 2.25. The van der Waals surface area contributed by atoms with Crippen LogP contribution < -0.4 is 10.1 Å². The lowest BCUT2D eigenvalue weighted by Crippen LogP contribution is -2.42. The van der Waals surface area contributed by atoms with E-state index in [1.807, 2.05) is 42.5 Å². The van der Waals surface area contributed by atoms with Gasteiger partial charge in [-0.2, -0.15) is 0 Å². The molecule has 35 heavy (non-hydrogen) atoms. The molecule has 0 saturated carbocycles. The van der Waals surface area contributed by atoms with Crippen LogP contribution in [0.1, 0.15) is 39.1 Å². The molecule has 2 N–H and O–H groups in total. The highest BCUT2D eigenvalue weighted by Crippen LogP contribution is 2.22. The first-order valence-electron chi connectivity index (χ1n) is 11.8. The number of likely N-dealkylation sites (tertiary alicyclic amines) is 1. The third-order valence-corrected chi connectivity index (χ3v) is 6.35. The van der Waals surface area contributed by atoms with Gasteiger partial charge in [0.2, 0.25) is 0 Å². The maximum absolute atomic E-state index is 13.1. The first kappa shape index (κ1) is 24.8. The molecule has 0 radical (unpaired) electrons. The molecular weight excluding hydrogens is 464 g/mol. The monoisotopic (exact) mass is 492 g/mol. The van der Waals surface area contributed by atoms with Gasteiger partial charge in [0.05, 0.1) is 12.6 Å². The summed E-state index contributed by atoms with van der Waals surface area (Å²) in [6.07, 6.45) is 2.02. The SMILES string of the molecule is O=C(NC(CO)Cc1ccccc1)c1cccc(C(=O)N2CCC(Oc3ccc(Cl)cc3)CC2)c1. The second kappa shape index (κ2) is 11.9. The highest BCUT2D eigenvalue weighted by molar-refractivity contribution is 6.30. The molecule has 0 spiro atoms. The van der Waals surface area contributed by atoms with Gasteiger partial charge in [0.1, 0.15) is 11.9 Å². The summed E-state index contributed by atoms with van der Waals surface area (Å²) in [4.78, 5) is 27.7. The van der Waals surface area contributed by atoms with Crippen LogP contribution in [0, 0.1) is 0 Å². The largest absolute Gasteiger partial charge is 0.490 e. The fourth-order valence-corrected chi connectivity index (χ4v) is 4.31. The number of halogens is 1. The van der Waals surface area contributed by atoms with Gasteiger partial charge in [-0.05, 0) is 54.4 Å². The molecule has 1 atom stereocenters. The van der Waals surface area contributed by atoms with E-state index >= 15 is 0 Å². The summed E-state index contributed by atoms with van der Waals surface area (Å²) in [5.74, 6) is 0.351. The Bertz CT molecular complexity index is 1130. The Balaban J connectivity index is 1.32. The molecule has 0 bridgehead atoms. The number of nitrogens with one attached hydrogen (secondary N) is 1. The van der Waals surface area contributed by atoms with Gasteiger partial charge in [0.25, 0.3) is 11.8 Å². The number of hydrogen-bond acceptors (Lipinski definition) is 4. The molecule has 0 aliphatic carbocycles. The summed E-state index contributed by atoms with van der Waals surface area (Å²) >= 11 is 5.93. The smallest absolute Gasteiger partial charge is 0.253 e. The van der Waals surface area contributed by atoms with Gasteiger partial charge >= 0.3 is 0 Å². The van der Waals surface area contributed by atoms with Crippen LogP contribution in [0.15, 0.2) is 78.9 Å². The first-order chi connectivity index (χ1) is 17.0. The predicted molar refractivity (Wildman–Crippen MR) is 136 cm³/mol. The Morgan fingerprint density at radius 2 is 1.66 bits per heavy atom. The molecule has 0 aromatic heterocycles. The second-order valence-corrected chi connectivity index (χ2v) is 9.12. The minimum atomic E-state index is -0.413. The van der Waals surface area contributed by atoms with E-state index in [2.05, 4.69) is 5.32 Å². The van der Waals surface area contributed by atoms with Gasteiger partial charge in [-0.15, -0.1) is 0 Å². The van der Waals surface area contributed by atoms with Crippen LogP contribution in [0.5, 0.6) is 5.75 Å². The van der Waals surface area contributed by atoms with Crippen molar-refractivity contribution in [1.29, 1.82) is 0 Å². The number of aliphatic hydroxyl groups excluding tert-OH is 1. The number of aliphatic hydroxyl groups is 1. The molecule has 1 heterocycles. The van der Waals surface area contributed by atoms with Gasteiger partial charge in [-0.1, -0.05) is 48.0 Å². The normalized spacial score (nSPS) is 14.9. The van der Waals surface area contributed by atoms with Crippen molar-refractivity contribution in [3.8, 4) is 5.75 Å². The summed E-state index contributed by atoms with van der Waals surface area (Å²) in [6.45, 7) is 0.987. The average molecular weight is 493 g/mol. The molecular formula is C28H29ClN2O4.